The number of nitrogens with one attached hydrogen (secondary N) is 3. The first-order chi connectivity index (χ1) is 13.6. The number of aryl methyl sites for hydroxylation is 2. The maximum absolute atomic E-state index is 12.5. The highest BCUT2D eigenvalue weighted by Crippen LogP contribution is 2.22. The third kappa shape index (κ3) is 4.30. The number of benzene rings is 1. The number of amides is 1. The fraction of sp³-hybridized carbons (Fsp3) is 0.579. The van der Waals surface area contributed by atoms with Crippen LogP contribution < -0.4 is 16.2 Å². The first kappa shape index (κ1) is 21.7. The van der Waals surface area contributed by atoms with Crippen molar-refractivity contribution in [3.63, 3.8) is 0 Å². The molecule has 0 aliphatic carbocycles. The summed E-state index contributed by atoms with van der Waals surface area (Å²) in [5, 5.41) is 3.08. The smallest absolute Gasteiger partial charge is 0.242 e. The van der Waals surface area contributed by atoms with Crippen LogP contribution in [0.2, 0.25) is 0 Å². The van der Waals surface area contributed by atoms with E-state index in [1.54, 1.807) is 18.2 Å². The number of rotatable bonds is 7. The topological polar surface area (TPSA) is 108 Å². The first-order valence-electron chi connectivity index (χ1n) is 9.87. The van der Waals surface area contributed by atoms with E-state index in [2.05, 4.69) is 21.2 Å². The molecular weight excluding hydrogens is 392 g/mol. The number of sulfonamides is 1. The van der Waals surface area contributed by atoms with Crippen molar-refractivity contribution in [2.45, 2.75) is 63.2 Å². The number of carbonyl (C=O) groups excluding carboxylic acids is 1. The number of hydrogen-bond acceptors (Lipinski definition) is 6. The first-order valence-corrected chi connectivity index (χ1v) is 11.3. The van der Waals surface area contributed by atoms with Gasteiger partial charge >= 0.3 is 0 Å². The van der Waals surface area contributed by atoms with Crippen LogP contribution in [0.3, 0.4) is 0 Å². The van der Waals surface area contributed by atoms with Crippen LogP contribution in [0, 0.1) is 0 Å². The van der Waals surface area contributed by atoms with Gasteiger partial charge in [-0.2, -0.15) is 0 Å². The molecule has 2 unspecified atom stereocenters. The quantitative estimate of drug-likeness (QED) is 0.603. The van der Waals surface area contributed by atoms with E-state index >= 15 is 0 Å². The molecule has 0 saturated carbocycles. The third-order valence-corrected chi connectivity index (χ3v) is 7.22. The van der Waals surface area contributed by atoms with E-state index < -0.39 is 10.0 Å². The van der Waals surface area contributed by atoms with Gasteiger partial charge in [0.05, 0.1) is 22.0 Å². The van der Waals surface area contributed by atoms with E-state index in [1.165, 1.54) is 18.4 Å². The molecule has 2 atom stereocenters. The lowest BCUT2D eigenvalue weighted by Crippen LogP contribution is -2.46. The zero-order chi connectivity index (χ0) is 21.3. The summed E-state index contributed by atoms with van der Waals surface area (Å²) in [5.41, 5.74) is 7.74. The fourth-order valence-electron chi connectivity index (χ4n) is 3.68. The summed E-state index contributed by atoms with van der Waals surface area (Å²) in [7, 11) is -0.510. The number of nitrogens with zero attached hydrogens (tertiary/aromatic N) is 3. The van der Waals surface area contributed by atoms with E-state index in [-0.39, 0.29) is 28.9 Å². The van der Waals surface area contributed by atoms with Gasteiger partial charge < -0.3 is 9.88 Å². The summed E-state index contributed by atoms with van der Waals surface area (Å²) >= 11 is 0. The summed E-state index contributed by atoms with van der Waals surface area (Å²) in [5.74, 6) is 0.755. The van der Waals surface area contributed by atoms with E-state index in [1.807, 2.05) is 25.3 Å². The van der Waals surface area contributed by atoms with Crippen LogP contribution in [0.15, 0.2) is 23.1 Å². The molecule has 2 heterocycles. The number of fused-ring (bicyclic) bond motifs is 1. The summed E-state index contributed by atoms with van der Waals surface area (Å²) in [6.45, 7) is 6.75. The van der Waals surface area contributed by atoms with Crippen LogP contribution in [-0.2, 0) is 27.8 Å². The molecule has 3 N–H and O–H groups in total. The van der Waals surface area contributed by atoms with E-state index in [9.17, 15) is 13.2 Å². The summed E-state index contributed by atoms with van der Waals surface area (Å²) < 4.78 is 28.0. The second-order valence-corrected chi connectivity index (χ2v) is 9.82. The number of imidazole rings is 1. The molecule has 9 nitrogen and oxygen atoms in total. The Morgan fingerprint density at radius 3 is 2.48 bits per heavy atom. The van der Waals surface area contributed by atoms with Crippen LogP contribution in [0.5, 0.6) is 0 Å². The Balaban J connectivity index is 1.78. The lowest BCUT2D eigenvalue weighted by atomic mass is 10.1. The minimum absolute atomic E-state index is 0.0233. The third-order valence-electron chi connectivity index (χ3n) is 5.41. The van der Waals surface area contributed by atoms with Gasteiger partial charge in [-0.3, -0.25) is 15.6 Å². The van der Waals surface area contributed by atoms with Gasteiger partial charge in [0.15, 0.2) is 0 Å². The van der Waals surface area contributed by atoms with Crippen molar-refractivity contribution in [3.8, 4) is 0 Å². The van der Waals surface area contributed by atoms with Crippen molar-refractivity contribution in [1.82, 2.24) is 30.0 Å². The van der Waals surface area contributed by atoms with E-state index in [0.717, 1.165) is 11.3 Å². The van der Waals surface area contributed by atoms with Gasteiger partial charge in [0.25, 0.3) is 0 Å². The number of carbonyl (C=O) groups is 1. The molecule has 0 radical (unpaired) electrons. The van der Waals surface area contributed by atoms with Gasteiger partial charge in [-0.25, -0.2) is 17.7 Å². The molecule has 10 heteroatoms. The Labute approximate surface area is 171 Å². The Kier molecular flexibility index (Phi) is 6.27. The van der Waals surface area contributed by atoms with Gasteiger partial charge in [-0.05, 0) is 39.0 Å². The molecule has 0 spiro atoms. The molecular formula is C19H30N6O3S. The van der Waals surface area contributed by atoms with Gasteiger partial charge in [-0.1, -0.05) is 0 Å². The van der Waals surface area contributed by atoms with E-state index in [0.29, 0.717) is 24.9 Å². The average Bonchev–Trinajstić information content (AvgIpc) is 3.19. The van der Waals surface area contributed by atoms with Crippen LogP contribution in [-0.4, -0.2) is 60.4 Å². The second-order valence-electron chi connectivity index (χ2n) is 7.67. The molecule has 1 saturated heterocycles. The summed E-state index contributed by atoms with van der Waals surface area (Å²) in [6.07, 6.45) is 0.808. The Morgan fingerprint density at radius 1 is 1.24 bits per heavy atom. The predicted molar refractivity (Wildman–Crippen MR) is 112 cm³/mol. The predicted octanol–water partition coefficient (Wildman–Crippen LogP) is 0.609. The Morgan fingerprint density at radius 2 is 1.90 bits per heavy atom. The molecule has 2 aromatic rings. The fourth-order valence-corrected chi connectivity index (χ4v) is 4.61. The van der Waals surface area contributed by atoms with Crippen LogP contribution in [0.1, 0.15) is 33.0 Å². The van der Waals surface area contributed by atoms with Crippen LogP contribution in [0.25, 0.3) is 11.0 Å². The molecule has 0 bridgehead atoms. The van der Waals surface area contributed by atoms with Crippen molar-refractivity contribution in [1.29, 1.82) is 0 Å². The molecule has 29 heavy (non-hydrogen) atoms. The Hall–Kier alpha value is -2.01. The summed E-state index contributed by atoms with van der Waals surface area (Å²) in [4.78, 5) is 17.3. The van der Waals surface area contributed by atoms with Gasteiger partial charge in [-0.15, -0.1) is 0 Å². The lowest BCUT2D eigenvalue weighted by Gasteiger charge is -2.19. The molecule has 1 aliphatic rings. The molecule has 1 aliphatic heterocycles. The number of hydrogen-bond donors (Lipinski definition) is 3. The molecule has 1 amide bonds. The molecule has 1 aromatic carbocycles. The van der Waals surface area contributed by atoms with Crippen molar-refractivity contribution in [2.75, 3.05) is 14.1 Å². The highest BCUT2D eigenvalue weighted by atomic mass is 32.2. The van der Waals surface area contributed by atoms with Gasteiger partial charge in [0.1, 0.15) is 5.82 Å². The highest BCUT2D eigenvalue weighted by Gasteiger charge is 2.30. The number of hydrazine groups is 1. The second kappa shape index (κ2) is 8.39. The monoisotopic (exact) mass is 422 g/mol. The maximum Gasteiger partial charge on any atom is 0.242 e. The standard InChI is InChI=1S/C19H30N6O3S/c1-6-25-16-8-7-14(29(27,28)24(4)5)11-15(16)20-17(25)9-10-18(26)21-19-12(2)22-23-13(19)3/h7-8,11-13,19,22-23H,6,9-10H2,1-5H3,(H,21,26). The van der Waals surface area contributed by atoms with Crippen molar-refractivity contribution in [3.05, 3.63) is 24.0 Å². The van der Waals surface area contributed by atoms with Gasteiger partial charge in [0.2, 0.25) is 15.9 Å². The molecule has 160 valence electrons. The Bertz CT molecular complexity index is 991. The molecule has 1 fully saturated rings. The minimum Gasteiger partial charge on any atom is -0.350 e. The molecule has 1 aromatic heterocycles. The lowest BCUT2D eigenvalue weighted by molar-refractivity contribution is -0.121. The van der Waals surface area contributed by atoms with Crippen molar-refractivity contribution < 1.29 is 13.2 Å². The zero-order valence-corrected chi connectivity index (χ0v) is 18.4. The largest absolute Gasteiger partial charge is 0.350 e. The average molecular weight is 423 g/mol. The highest BCUT2D eigenvalue weighted by molar-refractivity contribution is 7.89. The van der Waals surface area contributed by atoms with Crippen LogP contribution >= 0.6 is 0 Å². The van der Waals surface area contributed by atoms with Crippen LogP contribution in [0.4, 0.5) is 0 Å². The molecule has 3 rings (SSSR count). The summed E-state index contributed by atoms with van der Waals surface area (Å²) in [6, 6.07) is 5.33. The van der Waals surface area contributed by atoms with Crippen molar-refractivity contribution >= 4 is 27.0 Å². The normalized spacial score (nSPS) is 22.5. The van der Waals surface area contributed by atoms with E-state index in [4.69, 9.17) is 0 Å². The zero-order valence-electron chi connectivity index (χ0n) is 17.6. The van der Waals surface area contributed by atoms with Gasteiger partial charge in [0, 0.05) is 45.6 Å². The maximum atomic E-state index is 12.5. The van der Waals surface area contributed by atoms with Crippen molar-refractivity contribution in [2.24, 2.45) is 0 Å². The minimum atomic E-state index is -3.52. The SMILES string of the molecule is CCn1c(CCC(=O)NC2C(C)NNC2C)nc2cc(S(=O)(=O)N(C)C)ccc21. The number of aromatic nitrogens is 2.